The summed E-state index contributed by atoms with van der Waals surface area (Å²) in [6.07, 6.45) is 3.07. The van der Waals surface area contributed by atoms with Crippen LogP contribution in [0, 0.1) is 0 Å². The van der Waals surface area contributed by atoms with E-state index in [4.69, 9.17) is 4.74 Å². The average molecular weight is 285 g/mol. The highest BCUT2D eigenvalue weighted by Crippen LogP contribution is 2.15. The number of fused-ring (bicyclic) bond motifs is 1. The molecule has 4 nitrogen and oxygen atoms in total. The fourth-order valence-corrected chi connectivity index (χ4v) is 2.78. The van der Waals surface area contributed by atoms with Gasteiger partial charge >= 0.3 is 0 Å². The number of ether oxygens (including phenoxy) is 1. The predicted octanol–water partition coefficient (Wildman–Crippen LogP) is 2.05. The maximum Gasteiger partial charge on any atom is 0.0619 e. The molecule has 2 aromatic rings. The van der Waals surface area contributed by atoms with E-state index in [2.05, 4.69) is 45.5 Å². The van der Waals surface area contributed by atoms with Crippen molar-refractivity contribution in [3.05, 3.63) is 42.2 Å². The van der Waals surface area contributed by atoms with Crippen LogP contribution in [0.3, 0.4) is 0 Å². The first-order chi connectivity index (χ1) is 10.4. The first-order valence-corrected chi connectivity index (χ1v) is 7.77. The maximum absolute atomic E-state index is 5.36. The number of nitrogens with one attached hydrogen (secondary N) is 1. The van der Waals surface area contributed by atoms with E-state index in [9.17, 15) is 0 Å². The van der Waals surface area contributed by atoms with E-state index in [1.165, 1.54) is 17.2 Å². The topological polar surface area (TPSA) is 37.4 Å². The fraction of sp³-hybridized carbons (Fsp3) is 0.471. The zero-order valence-electron chi connectivity index (χ0n) is 12.4. The number of pyridine rings is 1. The smallest absolute Gasteiger partial charge is 0.0619 e. The molecule has 1 fully saturated rings. The van der Waals surface area contributed by atoms with Gasteiger partial charge in [-0.15, -0.1) is 0 Å². The molecule has 2 heterocycles. The first-order valence-electron chi connectivity index (χ1n) is 7.77. The Morgan fingerprint density at radius 2 is 2.00 bits per heavy atom. The third-order valence-electron chi connectivity index (χ3n) is 3.98. The zero-order chi connectivity index (χ0) is 14.3. The molecule has 1 saturated heterocycles. The van der Waals surface area contributed by atoms with Gasteiger partial charge < -0.3 is 10.1 Å². The normalized spacial score (nSPS) is 16.4. The van der Waals surface area contributed by atoms with Crippen molar-refractivity contribution in [2.75, 3.05) is 39.4 Å². The van der Waals surface area contributed by atoms with Crippen LogP contribution in [0.15, 0.2) is 36.5 Å². The van der Waals surface area contributed by atoms with Crippen molar-refractivity contribution in [2.45, 2.75) is 13.0 Å². The lowest BCUT2D eigenvalue weighted by atomic mass is 10.1. The molecule has 0 atom stereocenters. The van der Waals surface area contributed by atoms with Gasteiger partial charge in [0.2, 0.25) is 0 Å². The van der Waals surface area contributed by atoms with Gasteiger partial charge in [0.15, 0.2) is 0 Å². The molecule has 1 aromatic heterocycles. The van der Waals surface area contributed by atoms with Crippen molar-refractivity contribution in [1.29, 1.82) is 0 Å². The minimum absolute atomic E-state index is 0.838. The van der Waals surface area contributed by atoms with Crippen LogP contribution in [0.4, 0.5) is 0 Å². The molecule has 0 spiro atoms. The Kier molecular flexibility index (Phi) is 5.16. The van der Waals surface area contributed by atoms with Gasteiger partial charge in [-0.25, -0.2) is 0 Å². The highest BCUT2D eigenvalue weighted by atomic mass is 16.5. The highest BCUT2D eigenvalue weighted by molar-refractivity contribution is 5.84. The first kappa shape index (κ1) is 14.4. The Bertz CT molecular complexity index is 561. The summed E-state index contributed by atoms with van der Waals surface area (Å²) in [5, 5.41) is 6.03. The highest BCUT2D eigenvalue weighted by Gasteiger charge is 2.09. The molecule has 1 N–H and O–H groups in total. The summed E-state index contributed by atoms with van der Waals surface area (Å²) in [4.78, 5) is 6.98. The molecule has 4 heteroatoms. The standard InChI is InChI=1S/C17H23N3O/c1-2-5-16-15(4-1)6-8-19-17(16)14-18-7-3-9-20-10-12-21-13-11-20/h1-2,4-6,8,18H,3,7,9-14H2. The minimum atomic E-state index is 0.838. The Morgan fingerprint density at radius 1 is 1.14 bits per heavy atom. The van der Waals surface area contributed by atoms with Crippen LogP contribution in [-0.4, -0.2) is 49.3 Å². The van der Waals surface area contributed by atoms with Gasteiger partial charge in [-0.1, -0.05) is 24.3 Å². The number of morpholine rings is 1. The fourth-order valence-electron chi connectivity index (χ4n) is 2.78. The number of benzene rings is 1. The monoisotopic (exact) mass is 285 g/mol. The van der Waals surface area contributed by atoms with Gasteiger partial charge in [-0.3, -0.25) is 9.88 Å². The molecule has 1 aromatic carbocycles. The lowest BCUT2D eigenvalue weighted by Crippen LogP contribution is -2.37. The molecule has 0 bridgehead atoms. The third-order valence-corrected chi connectivity index (χ3v) is 3.98. The molecule has 0 unspecified atom stereocenters. The Hall–Kier alpha value is -1.49. The third kappa shape index (κ3) is 4.00. The molecule has 1 aliphatic rings. The molecule has 0 saturated carbocycles. The summed E-state index contributed by atoms with van der Waals surface area (Å²) < 4.78 is 5.36. The lowest BCUT2D eigenvalue weighted by molar-refractivity contribution is 0.0374. The molecule has 3 rings (SSSR count). The number of rotatable bonds is 6. The van der Waals surface area contributed by atoms with Crippen LogP contribution in [0.2, 0.25) is 0 Å². The van der Waals surface area contributed by atoms with E-state index in [1.807, 2.05) is 6.20 Å². The summed E-state index contributed by atoms with van der Waals surface area (Å²) in [6.45, 7) is 6.93. The molecule has 0 aliphatic carbocycles. The van der Waals surface area contributed by atoms with Gasteiger partial charge in [0.1, 0.15) is 0 Å². The SMILES string of the molecule is c1ccc2c(CNCCCN3CCOCC3)nccc2c1. The van der Waals surface area contributed by atoms with Gasteiger partial charge in [-0.05, 0) is 31.0 Å². The van der Waals surface area contributed by atoms with Gasteiger partial charge in [-0.2, -0.15) is 0 Å². The average Bonchev–Trinajstić information content (AvgIpc) is 2.56. The Labute approximate surface area is 126 Å². The second-order valence-corrected chi connectivity index (χ2v) is 5.46. The molecule has 21 heavy (non-hydrogen) atoms. The second kappa shape index (κ2) is 7.50. The van der Waals surface area contributed by atoms with E-state index < -0.39 is 0 Å². The summed E-state index contributed by atoms with van der Waals surface area (Å²) >= 11 is 0. The van der Waals surface area contributed by atoms with Gasteiger partial charge in [0, 0.05) is 31.2 Å². The largest absolute Gasteiger partial charge is 0.379 e. The molecular weight excluding hydrogens is 262 g/mol. The summed E-state index contributed by atoms with van der Waals surface area (Å²) in [7, 11) is 0. The van der Waals surface area contributed by atoms with Crippen molar-refractivity contribution in [1.82, 2.24) is 15.2 Å². The van der Waals surface area contributed by atoms with Gasteiger partial charge in [0.05, 0.1) is 18.9 Å². The molecule has 0 radical (unpaired) electrons. The Balaban J connectivity index is 1.44. The summed E-state index contributed by atoms with van der Waals surface area (Å²) in [5.74, 6) is 0. The van der Waals surface area contributed by atoms with Crippen molar-refractivity contribution in [3.8, 4) is 0 Å². The molecule has 0 amide bonds. The van der Waals surface area contributed by atoms with Crippen LogP contribution in [-0.2, 0) is 11.3 Å². The number of hydrogen-bond acceptors (Lipinski definition) is 4. The number of nitrogens with zero attached hydrogens (tertiary/aromatic N) is 2. The Morgan fingerprint density at radius 3 is 2.90 bits per heavy atom. The number of aromatic nitrogens is 1. The lowest BCUT2D eigenvalue weighted by Gasteiger charge is -2.26. The summed E-state index contributed by atoms with van der Waals surface area (Å²) in [6, 6.07) is 10.5. The van der Waals surface area contributed by atoms with E-state index in [1.54, 1.807) is 0 Å². The number of hydrogen-bond donors (Lipinski definition) is 1. The summed E-state index contributed by atoms with van der Waals surface area (Å²) in [5.41, 5.74) is 1.14. The van der Waals surface area contributed by atoms with Crippen molar-refractivity contribution < 1.29 is 4.74 Å². The predicted molar refractivity (Wildman–Crippen MR) is 85.3 cm³/mol. The van der Waals surface area contributed by atoms with Crippen LogP contribution in [0.1, 0.15) is 12.1 Å². The zero-order valence-corrected chi connectivity index (χ0v) is 12.4. The van der Waals surface area contributed by atoms with E-state index >= 15 is 0 Å². The maximum atomic E-state index is 5.36. The van der Waals surface area contributed by atoms with Crippen LogP contribution >= 0.6 is 0 Å². The molecule has 1 aliphatic heterocycles. The second-order valence-electron chi connectivity index (χ2n) is 5.46. The van der Waals surface area contributed by atoms with E-state index in [0.29, 0.717) is 0 Å². The van der Waals surface area contributed by atoms with Crippen molar-refractivity contribution >= 4 is 10.8 Å². The van der Waals surface area contributed by atoms with Crippen molar-refractivity contribution in [3.63, 3.8) is 0 Å². The van der Waals surface area contributed by atoms with E-state index in [-0.39, 0.29) is 0 Å². The van der Waals surface area contributed by atoms with E-state index in [0.717, 1.165) is 51.6 Å². The van der Waals surface area contributed by atoms with Crippen LogP contribution in [0.5, 0.6) is 0 Å². The van der Waals surface area contributed by atoms with Gasteiger partial charge in [0.25, 0.3) is 0 Å². The molecule has 112 valence electrons. The quantitative estimate of drug-likeness (QED) is 0.824. The minimum Gasteiger partial charge on any atom is -0.379 e. The van der Waals surface area contributed by atoms with Crippen molar-refractivity contribution in [2.24, 2.45) is 0 Å². The van der Waals surface area contributed by atoms with Crippen LogP contribution < -0.4 is 5.32 Å². The molecular formula is C17H23N3O. The van der Waals surface area contributed by atoms with Crippen LogP contribution in [0.25, 0.3) is 10.8 Å².